The van der Waals surface area contributed by atoms with Crippen LogP contribution in [0.1, 0.15) is 40.5 Å². The molecule has 0 aromatic heterocycles. The average molecular weight is 210 g/mol. The molecule has 0 spiro atoms. The van der Waals surface area contributed by atoms with Gasteiger partial charge in [0.05, 0.1) is 0 Å². The van der Waals surface area contributed by atoms with Crippen molar-refractivity contribution in [3.8, 4) is 11.8 Å². The number of hydrogen-bond donors (Lipinski definition) is 2. The molecule has 0 saturated heterocycles. The topological polar surface area (TPSA) is 55.1 Å². The first-order valence-electron chi connectivity index (χ1n) is 5.30. The maximum absolute atomic E-state index is 11.4. The first-order chi connectivity index (χ1) is 6.88. The lowest BCUT2D eigenvalue weighted by molar-refractivity contribution is -0.121. The van der Waals surface area contributed by atoms with Crippen LogP contribution in [0, 0.1) is 17.3 Å². The lowest BCUT2D eigenvalue weighted by Crippen LogP contribution is -2.40. The molecule has 3 N–H and O–H groups in total. The van der Waals surface area contributed by atoms with E-state index in [9.17, 15) is 4.79 Å². The van der Waals surface area contributed by atoms with Crippen LogP contribution in [0.4, 0.5) is 0 Å². The summed E-state index contributed by atoms with van der Waals surface area (Å²) in [5.74, 6) is 5.68. The minimum Gasteiger partial charge on any atom is -0.355 e. The zero-order valence-electron chi connectivity index (χ0n) is 10.2. The largest absolute Gasteiger partial charge is 0.355 e. The summed E-state index contributed by atoms with van der Waals surface area (Å²) >= 11 is 0. The second-order valence-electron chi connectivity index (χ2n) is 4.70. The lowest BCUT2D eigenvalue weighted by Gasteiger charge is -2.26. The minimum atomic E-state index is -0.102. The van der Waals surface area contributed by atoms with E-state index in [1.54, 1.807) is 6.92 Å². The van der Waals surface area contributed by atoms with Gasteiger partial charge in [-0.3, -0.25) is 4.79 Å². The van der Waals surface area contributed by atoms with Crippen molar-refractivity contribution in [2.75, 3.05) is 6.54 Å². The van der Waals surface area contributed by atoms with Gasteiger partial charge >= 0.3 is 0 Å². The Balaban J connectivity index is 3.78. The van der Waals surface area contributed by atoms with Crippen molar-refractivity contribution in [3.05, 3.63) is 0 Å². The van der Waals surface area contributed by atoms with Gasteiger partial charge < -0.3 is 11.1 Å². The molecular formula is C12H22N2O. The Labute approximate surface area is 92.8 Å². The summed E-state index contributed by atoms with van der Waals surface area (Å²) in [6.45, 7) is 8.50. The van der Waals surface area contributed by atoms with E-state index in [4.69, 9.17) is 5.73 Å². The van der Waals surface area contributed by atoms with Crippen molar-refractivity contribution in [2.24, 2.45) is 11.1 Å². The maximum atomic E-state index is 11.4. The number of nitrogens with one attached hydrogen (secondary N) is 1. The molecule has 1 unspecified atom stereocenters. The zero-order valence-corrected chi connectivity index (χ0v) is 10.2. The summed E-state index contributed by atoms with van der Waals surface area (Å²) in [4.78, 5) is 11.4. The van der Waals surface area contributed by atoms with Crippen LogP contribution in [0.3, 0.4) is 0 Å². The molecule has 0 radical (unpaired) electrons. The van der Waals surface area contributed by atoms with Crippen LogP contribution in [0.2, 0.25) is 0 Å². The monoisotopic (exact) mass is 210 g/mol. The van der Waals surface area contributed by atoms with Crippen LogP contribution in [-0.2, 0) is 4.79 Å². The van der Waals surface area contributed by atoms with Crippen molar-refractivity contribution in [1.82, 2.24) is 5.32 Å². The molecule has 86 valence electrons. The molecule has 3 heteroatoms. The Morgan fingerprint density at radius 1 is 1.47 bits per heavy atom. The van der Waals surface area contributed by atoms with Gasteiger partial charge in [0.2, 0.25) is 5.91 Å². The number of amides is 1. The molecule has 0 aliphatic rings. The molecule has 0 saturated carbocycles. The zero-order chi connectivity index (χ0) is 11.9. The van der Waals surface area contributed by atoms with Gasteiger partial charge in [-0.2, -0.15) is 0 Å². The van der Waals surface area contributed by atoms with Crippen molar-refractivity contribution >= 4 is 5.91 Å². The third-order valence-corrected chi connectivity index (χ3v) is 2.27. The van der Waals surface area contributed by atoms with E-state index in [2.05, 4.69) is 17.2 Å². The van der Waals surface area contributed by atoms with Gasteiger partial charge in [-0.1, -0.05) is 20.8 Å². The fraction of sp³-hybridized carbons (Fsp3) is 0.750. The van der Waals surface area contributed by atoms with E-state index in [0.717, 1.165) is 0 Å². The highest BCUT2D eigenvalue weighted by Gasteiger charge is 2.22. The molecule has 15 heavy (non-hydrogen) atoms. The quantitative estimate of drug-likeness (QED) is 0.542. The third-order valence-electron chi connectivity index (χ3n) is 2.27. The molecule has 0 aliphatic heterocycles. The number of hydrogen-bond acceptors (Lipinski definition) is 2. The van der Waals surface area contributed by atoms with Crippen LogP contribution in [0.5, 0.6) is 0 Å². The number of rotatable bonds is 4. The summed E-state index contributed by atoms with van der Waals surface area (Å²) in [6, 6.07) is -0.102. The Morgan fingerprint density at radius 3 is 2.53 bits per heavy atom. The summed E-state index contributed by atoms with van der Waals surface area (Å²) < 4.78 is 0. The van der Waals surface area contributed by atoms with Gasteiger partial charge in [-0.25, -0.2) is 0 Å². The van der Waals surface area contributed by atoms with E-state index in [1.165, 1.54) is 0 Å². The molecule has 0 aromatic carbocycles. The number of nitrogens with two attached hydrogens (primary N) is 1. The van der Waals surface area contributed by atoms with Crippen LogP contribution in [0.15, 0.2) is 0 Å². The Morgan fingerprint density at radius 2 is 2.07 bits per heavy atom. The first kappa shape index (κ1) is 14.0. The molecule has 3 nitrogen and oxygen atoms in total. The molecular weight excluding hydrogens is 188 g/mol. The van der Waals surface area contributed by atoms with Crippen LogP contribution in [-0.4, -0.2) is 18.5 Å². The molecule has 0 fully saturated rings. The standard InChI is InChI=1S/C12H22N2O/c1-5-6-7-8-14-11(15)9-10(13)12(2,3)4/h10H,7-9,13H2,1-4H3,(H,14,15). The fourth-order valence-corrected chi connectivity index (χ4v) is 0.968. The average Bonchev–Trinajstić information content (AvgIpc) is 2.11. The Kier molecular flexibility index (Phi) is 6.03. The van der Waals surface area contributed by atoms with Crippen molar-refractivity contribution in [1.29, 1.82) is 0 Å². The number of carbonyl (C=O) groups excluding carboxylic acids is 1. The highest BCUT2D eigenvalue weighted by Crippen LogP contribution is 2.19. The van der Waals surface area contributed by atoms with Gasteiger partial charge in [0.15, 0.2) is 0 Å². The fourth-order valence-electron chi connectivity index (χ4n) is 0.968. The van der Waals surface area contributed by atoms with Crippen LogP contribution < -0.4 is 11.1 Å². The second kappa shape index (κ2) is 6.47. The van der Waals surface area contributed by atoms with Gasteiger partial charge in [0.1, 0.15) is 0 Å². The Hall–Kier alpha value is -1.01. The summed E-state index contributed by atoms with van der Waals surface area (Å²) in [7, 11) is 0. The molecule has 1 atom stereocenters. The number of carbonyl (C=O) groups is 1. The van der Waals surface area contributed by atoms with E-state index < -0.39 is 0 Å². The van der Waals surface area contributed by atoms with Gasteiger partial charge in [0.25, 0.3) is 0 Å². The third kappa shape index (κ3) is 6.98. The Bertz CT molecular complexity index is 255. The van der Waals surface area contributed by atoms with Gasteiger partial charge in [-0.05, 0) is 12.3 Å². The smallest absolute Gasteiger partial charge is 0.221 e. The van der Waals surface area contributed by atoms with Crippen molar-refractivity contribution in [3.63, 3.8) is 0 Å². The predicted octanol–water partition coefficient (Wildman–Crippen LogP) is 1.28. The lowest BCUT2D eigenvalue weighted by atomic mass is 9.85. The molecule has 0 aliphatic carbocycles. The molecule has 0 bridgehead atoms. The van der Waals surface area contributed by atoms with E-state index in [-0.39, 0.29) is 17.4 Å². The molecule has 0 rings (SSSR count). The molecule has 1 amide bonds. The second-order valence-corrected chi connectivity index (χ2v) is 4.70. The highest BCUT2D eigenvalue weighted by atomic mass is 16.1. The highest BCUT2D eigenvalue weighted by molar-refractivity contribution is 5.76. The SMILES string of the molecule is CC#CCCNC(=O)CC(N)C(C)(C)C. The summed E-state index contributed by atoms with van der Waals surface area (Å²) in [5, 5.41) is 2.80. The summed E-state index contributed by atoms with van der Waals surface area (Å²) in [5.41, 5.74) is 5.87. The normalized spacial score (nSPS) is 12.6. The van der Waals surface area contributed by atoms with Crippen LogP contribution in [0.25, 0.3) is 0 Å². The van der Waals surface area contributed by atoms with Gasteiger partial charge in [-0.15, -0.1) is 11.8 Å². The summed E-state index contributed by atoms with van der Waals surface area (Å²) in [6.07, 6.45) is 1.08. The van der Waals surface area contributed by atoms with E-state index in [0.29, 0.717) is 19.4 Å². The van der Waals surface area contributed by atoms with Gasteiger partial charge in [0, 0.05) is 25.4 Å². The minimum absolute atomic E-state index is 0.00956. The van der Waals surface area contributed by atoms with Crippen molar-refractivity contribution in [2.45, 2.75) is 46.6 Å². The molecule has 0 aromatic rings. The maximum Gasteiger partial charge on any atom is 0.221 e. The first-order valence-corrected chi connectivity index (χ1v) is 5.30. The van der Waals surface area contributed by atoms with E-state index >= 15 is 0 Å². The molecule has 0 heterocycles. The van der Waals surface area contributed by atoms with Crippen LogP contribution >= 0.6 is 0 Å². The van der Waals surface area contributed by atoms with Crippen molar-refractivity contribution < 1.29 is 4.79 Å². The predicted molar refractivity (Wildman–Crippen MR) is 63.1 cm³/mol. The van der Waals surface area contributed by atoms with E-state index in [1.807, 2.05) is 20.8 Å².